The summed E-state index contributed by atoms with van der Waals surface area (Å²) in [5, 5.41) is 5.87. The predicted octanol–water partition coefficient (Wildman–Crippen LogP) is 4.64. The summed E-state index contributed by atoms with van der Waals surface area (Å²) in [7, 11) is 1.82. The zero-order chi connectivity index (χ0) is 15.0. The van der Waals surface area contributed by atoms with E-state index in [0.29, 0.717) is 15.9 Å². The highest BCUT2D eigenvalue weighted by atomic mass is 35.5. The van der Waals surface area contributed by atoms with Gasteiger partial charge in [-0.2, -0.15) is 5.10 Å². The van der Waals surface area contributed by atoms with Crippen molar-refractivity contribution < 1.29 is 0 Å². The Bertz CT molecular complexity index is 792. The third kappa shape index (κ3) is 2.62. The molecule has 0 amide bonds. The summed E-state index contributed by atoms with van der Waals surface area (Å²) in [6, 6.07) is 15.1. The zero-order valence-electron chi connectivity index (χ0n) is 11.3. The molecule has 106 valence electrons. The van der Waals surface area contributed by atoms with Gasteiger partial charge < -0.3 is 5.73 Å². The summed E-state index contributed by atoms with van der Waals surface area (Å²) in [6.45, 7) is 0. The van der Waals surface area contributed by atoms with Gasteiger partial charge in [0.1, 0.15) is 11.5 Å². The monoisotopic (exact) mass is 317 g/mol. The fourth-order valence-corrected chi connectivity index (χ4v) is 2.59. The highest BCUT2D eigenvalue weighted by Crippen LogP contribution is 2.36. The third-order valence-corrected chi connectivity index (χ3v) is 3.81. The first-order valence-corrected chi connectivity index (χ1v) is 7.16. The minimum Gasteiger partial charge on any atom is -0.383 e. The van der Waals surface area contributed by atoms with E-state index in [1.54, 1.807) is 4.68 Å². The van der Waals surface area contributed by atoms with E-state index in [1.165, 1.54) is 0 Å². The minimum absolute atomic E-state index is 0.599. The number of nitrogens with zero attached hydrogens (tertiary/aromatic N) is 2. The lowest BCUT2D eigenvalue weighted by molar-refractivity contribution is 0.782. The Labute approximate surface area is 132 Å². The molecule has 3 rings (SSSR count). The Kier molecular flexibility index (Phi) is 3.62. The molecule has 1 heterocycles. The molecular formula is C16H13Cl2N3. The quantitative estimate of drug-likeness (QED) is 0.748. The standard InChI is InChI=1S/C16H13Cl2N3/c1-21-16(19)14(11-3-2-4-13(18)9-11)15(20-21)10-5-7-12(17)8-6-10/h2-9H,19H2,1H3. The van der Waals surface area contributed by atoms with E-state index in [2.05, 4.69) is 5.10 Å². The van der Waals surface area contributed by atoms with Gasteiger partial charge in [-0.3, -0.25) is 4.68 Å². The Balaban J connectivity index is 2.23. The molecule has 1 aromatic heterocycles. The van der Waals surface area contributed by atoms with Crippen LogP contribution < -0.4 is 5.73 Å². The van der Waals surface area contributed by atoms with Gasteiger partial charge in [-0.05, 0) is 29.8 Å². The molecule has 0 saturated heterocycles. The van der Waals surface area contributed by atoms with Gasteiger partial charge in [0, 0.05) is 22.7 Å². The summed E-state index contributed by atoms with van der Waals surface area (Å²) in [6.07, 6.45) is 0. The normalized spacial score (nSPS) is 10.8. The molecule has 0 aliphatic heterocycles. The van der Waals surface area contributed by atoms with Crippen LogP contribution in [0.5, 0.6) is 0 Å². The van der Waals surface area contributed by atoms with E-state index in [1.807, 2.05) is 55.6 Å². The molecule has 0 bridgehead atoms. The molecule has 3 aromatic rings. The highest BCUT2D eigenvalue weighted by Gasteiger charge is 2.17. The van der Waals surface area contributed by atoms with E-state index >= 15 is 0 Å². The van der Waals surface area contributed by atoms with Gasteiger partial charge in [-0.25, -0.2) is 0 Å². The lowest BCUT2D eigenvalue weighted by Crippen LogP contribution is -1.97. The molecule has 0 fully saturated rings. The number of halogens is 2. The Morgan fingerprint density at radius 1 is 0.952 bits per heavy atom. The molecule has 3 nitrogen and oxygen atoms in total. The molecule has 0 aliphatic carbocycles. The van der Waals surface area contributed by atoms with Gasteiger partial charge in [-0.15, -0.1) is 0 Å². The SMILES string of the molecule is Cn1nc(-c2ccc(Cl)cc2)c(-c2cccc(Cl)c2)c1N. The average molecular weight is 318 g/mol. The predicted molar refractivity (Wildman–Crippen MR) is 88.5 cm³/mol. The lowest BCUT2D eigenvalue weighted by Gasteiger charge is -2.05. The number of nitrogen functional groups attached to an aromatic ring is 1. The van der Waals surface area contributed by atoms with E-state index in [-0.39, 0.29) is 0 Å². The molecule has 0 spiro atoms. The van der Waals surface area contributed by atoms with Gasteiger partial charge in [-0.1, -0.05) is 47.5 Å². The van der Waals surface area contributed by atoms with Crippen molar-refractivity contribution in [3.05, 3.63) is 58.6 Å². The number of aromatic nitrogens is 2. The molecule has 2 aromatic carbocycles. The van der Waals surface area contributed by atoms with Gasteiger partial charge in [0.25, 0.3) is 0 Å². The van der Waals surface area contributed by atoms with Gasteiger partial charge in [0.15, 0.2) is 0 Å². The molecule has 5 heteroatoms. The van der Waals surface area contributed by atoms with Crippen LogP contribution in [0.4, 0.5) is 5.82 Å². The second-order valence-corrected chi connectivity index (χ2v) is 5.62. The van der Waals surface area contributed by atoms with Crippen LogP contribution in [0.1, 0.15) is 0 Å². The molecule has 0 atom stereocenters. The van der Waals surface area contributed by atoms with Crippen molar-refractivity contribution in [2.24, 2.45) is 7.05 Å². The maximum Gasteiger partial charge on any atom is 0.129 e. The molecule has 0 aliphatic rings. The lowest BCUT2D eigenvalue weighted by atomic mass is 10.0. The van der Waals surface area contributed by atoms with E-state index in [9.17, 15) is 0 Å². The van der Waals surface area contributed by atoms with Crippen LogP contribution in [-0.4, -0.2) is 9.78 Å². The molecule has 21 heavy (non-hydrogen) atoms. The average Bonchev–Trinajstić information content (AvgIpc) is 2.76. The van der Waals surface area contributed by atoms with Crippen molar-refractivity contribution in [1.29, 1.82) is 0 Å². The zero-order valence-corrected chi connectivity index (χ0v) is 12.9. The van der Waals surface area contributed by atoms with E-state index in [0.717, 1.165) is 22.4 Å². The molecule has 0 radical (unpaired) electrons. The Morgan fingerprint density at radius 3 is 2.33 bits per heavy atom. The fraction of sp³-hybridized carbons (Fsp3) is 0.0625. The third-order valence-electron chi connectivity index (χ3n) is 3.32. The fourth-order valence-electron chi connectivity index (χ4n) is 2.28. The number of benzene rings is 2. The van der Waals surface area contributed by atoms with Crippen LogP contribution >= 0.6 is 23.2 Å². The molecule has 2 N–H and O–H groups in total. The minimum atomic E-state index is 0.599. The van der Waals surface area contributed by atoms with Crippen molar-refractivity contribution in [2.45, 2.75) is 0 Å². The van der Waals surface area contributed by atoms with Crippen molar-refractivity contribution >= 4 is 29.0 Å². The summed E-state index contributed by atoms with van der Waals surface area (Å²) in [5.74, 6) is 0.599. The number of hydrogen-bond acceptors (Lipinski definition) is 2. The molecular weight excluding hydrogens is 305 g/mol. The second-order valence-electron chi connectivity index (χ2n) is 4.75. The summed E-state index contributed by atoms with van der Waals surface area (Å²) in [5.41, 5.74) is 9.78. The number of nitrogens with two attached hydrogens (primary N) is 1. The maximum atomic E-state index is 6.18. The van der Waals surface area contributed by atoms with Crippen LogP contribution in [0.25, 0.3) is 22.4 Å². The summed E-state index contributed by atoms with van der Waals surface area (Å²) < 4.78 is 1.67. The smallest absolute Gasteiger partial charge is 0.129 e. The van der Waals surface area contributed by atoms with Crippen molar-refractivity contribution in [3.63, 3.8) is 0 Å². The molecule has 0 unspecified atom stereocenters. The summed E-state index contributed by atoms with van der Waals surface area (Å²) in [4.78, 5) is 0. The Morgan fingerprint density at radius 2 is 1.67 bits per heavy atom. The van der Waals surface area contributed by atoms with Crippen LogP contribution in [0, 0.1) is 0 Å². The maximum absolute atomic E-state index is 6.18. The van der Waals surface area contributed by atoms with Crippen molar-refractivity contribution in [3.8, 4) is 22.4 Å². The summed E-state index contributed by atoms with van der Waals surface area (Å²) >= 11 is 12.0. The van der Waals surface area contributed by atoms with Gasteiger partial charge in [0.2, 0.25) is 0 Å². The first kappa shape index (κ1) is 14.0. The number of hydrogen-bond donors (Lipinski definition) is 1. The first-order chi connectivity index (χ1) is 10.1. The number of rotatable bonds is 2. The van der Waals surface area contributed by atoms with Crippen molar-refractivity contribution in [1.82, 2.24) is 9.78 Å². The van der Waals surface area contributed by atoms with Crippen LogP contribution in [0.2, 0.25) is 10.0 Å². The largest absolute Gasteiger partial charge is 0.383 e. The van der Waals surface area contributed by atoms with Crippen molar-refractivity contribution in [2.75, 3.05) is 5.73 Å². The second kappa shape index (κ2) is 5.43. The Hall–Kier alpha value is -1.97. The van der Waals surface area contributed by atoms with E-state index < -0.39 is 0 Å². The van der Waals surface area contributed by atoms with Gasteiger partial charge >= 0.3 is 0 Å². The first-order valence-electron chi connectivity index (χ1n) is 6.40. The van der Waals surface area contributed by atoms with E-state index in [4.69, 9.17) is 28.9 Å². The topological polar surface area (TPSA) is 43.8 Å². The highest BCUT2D eigenvalue weighted by molar-refractivity contribution is 6.31. The van der Waals surface area contributed by atoms with Crippen LogP contribution in [0.15, 0.2) is 48.5 Å². The van der Waals surface area contributed by atoms with Gasteiger partial charge in [0.05, 0.1) is 5.56 Å². The number of aryl methyl sites for hydroxylation is 1. The number of anilines is 1. The van der Waals surface area contributed by atoms with Crippen LogP contribution in [-0.2, 0) is 7.05 Å². The van der Waals surface area contributed by atoms with Crippen LogP contribution in [0.3, 0.4) is 0 Å². The molecule has 0 saturated carbocycles.